The predicted molar refractivity (Wildman–Crippen MR) is 44.9 cm³/mol. The number of hydrogen-bond donors (Lipinski definition) is 0. The maximum Gasteiger partial charge on any atom is 0.338 e. The van der Waals surface area contributed by atoms with Crippen molar-refractivity contribution < 1.29 is 9.53 Å². The van der Waals surface area contributed by atoms with Crippen LogP contribution in [0.25, 0.3) is 0 Å². The van der Waals surface area contributed by atoms with Crippen LogP contribution in [0.3, 0.4) is 0 Å². The highest BCUT2D eigenvalue weighted by Crippen LogP contribution is 2.08. The molecule has 0 spiro atoms. The highest BCUT2D eigenvalue weighted by atomic mass is 16.5. The lowest BCUT2D eigenvalue weighted by molar-refractivity contribution is 0.0599. The molecule has 0 bridgehead atoms. The van der Waals surface area contributed by atoms with Crippen molar-refractivity contribution in [2.75, 3.05) is 7.11 Å². The number of aromatic nitrogens is 1. The molecule has 13 heavy (non-hydrogen) atoms. The molecular formula is C9H8N2O2. The standard InChI is InChI=1S/C9H8N2O2/c1-13-9(12)8-3-5-11-6-7(8)2-4-10/h3,5-6H,2H2,1H3. The minimum Gasteiger partial charge on any atom is -0.465 e. The summed E-state index contributed by atoms with van der Waals surface area (Å²) in [7, 11) is 1.30. The summed E-state index contributed by atoms with van der Waals surface area (Å²) in [6, 6.07) is 3.50. The molecule has 0 saturated carbocycles. The van der Waals surface area contributed by atoms with Crippen LogP contribution in [0.4, 0.5) is 0 Å². The Morgan fingerprint density at radius 2 is 2.54 bits per heavy atom. The van der Waals surface area contributed by atoms with Crippen LogP contribution in [0.1, 0.15) is 15.9 Å². The summed E-state index contributed by atoms with van der Waals surface area (Å²) in [6.07, 6.45) is 3.15. The second-order valence-corrected chi connectivity index (χ2v) is 2.36. The molecule has 1 aromatic heterocycles. The van der Waals surface area contributed by atoms with Crippen molar-refractivity contribution in [3.05, 3.63) is 29.6 Å². The maximum absolute atomic E-state index is 11.1. The number of hydrogen-bond acceptors (Lipinski definition) is 4. The Hall–Kier alpha value is -1.89. The number of esters is 1. The quantitative estimate of drug-likeness (QED) is 0.629. The van der Waals surface area contributed by atoms with Crippen LogP contribution in [0, 0.1) is 11.3 Å². The van der Waals surface area contributed by atoms with E-state index in [9.17, 15) is 4.79 Å². The van der Waals surface area contributed by atoms with Crippen LogP contribution in [0.5, 0.6) is 0 Å². The highest BCUT2D eigenvalue weighted by molar-refractivity contribution is 5.90. The van der Waals surface area contributed by atoms with Crippen LogP contribution in [0.15, 0.2) is 18.5 Å². The Morgan fingerprint density at radius 1 is 1.77 bits per heavy atom. The second-order valence-electron chi connectivity index (χ2n) is 2.36. The van der Waals surface area contributed by atoms with Crippen LogP contribution in [-0.4, -0.2) is 18.1 Å². The molecule has 0 unspecified atom stereocenters. The molecule has 0 N–H and O–H groups in total. The third kappa shape index (κ3) is 2.03. The molecule has 0 aromatic carbocycles. The number of pyridine rings is 1. The summed E-state index contributed by atoms with van der Waals surface area (Å²) in [6.45, 7) is 0. The van der Waals surface area contributed by atoms with E-state index in [1.807, 2.05) is 6.07 Å². The van der Waals surface area contributed by atoms with Gasteiger partial charge in [0.1, 0.15) is 0 Å². The minimum atomic E-state index is -0.437. The SMILES string of the molecule is COC(=O)c1ccncc1CC#N. The zero-order valence-corrected chi connectivity index (χ0v) is 7.15. The van der Waals surface area contributed by atoms with Crippen LogP contribution in [-0.2, 0) is 11.2 Å². The fraction of sp³-hybridized carbons (Fsp3) is 0.222. The molecule has 1 heterocycles. The molecule has 0 aliphatic heterocycles. The van der Waals surface area contributed by atoms with Gasteiger partial charge >= 0.3 is 5.97 Å². The van der Waals surface area contributed by atoms with Gasteiger partial charge in [-0.15, -0.1) is 0 Å². The lowest BCUT2D eigenvalue weighted by Gasteiger charge is -2.02. The Kier molecular flexibility index (Phi) is 2.98. The first-order chi connectivity index (χ1) is 6.29. The number of carbonyl (C=O) groups is 1. The normalized spacial score (nSPS) is 8.92. The molecule has 0 aliphatic carbocycles. The molecule has 1 aromatic rings. The van der Waals surface area contributed by atoms with Crippen molar-refractivity contribution >= 4 is 5.97 Å². The van der Waals surface area contributed by atoms with E-state index in [0.29, 0.717) is 11.1 Å². The molecule has 0 radical (unpaired) electrons. The number of rotatable bonds is 2. The zero-order valence-electron chi connectivity index (χ0n) is 7.15. The minimum absolute atomic E-state index is 0.165. The third-order valence-corrected chi connectivity index (χ3v) is 1.58. The van der Waals surface area contributed by atoms with Gasteiger partial charge < -0.3 is 4.74 Å². The highest BCUT2D eigenvalue weighted by Gasteiger charge is 2.10. The van der Waals surface area contributed by atoms with Gasteiger partial charge in [-0.1, -0.05) is 0 Å². The molecule has 0 atom stereocenters. The number of nitriles is 1. The molecule has 66 valence electrons. The van der Waals surface area contributed by atoms with Gasteiger partial charge in [0.15, 0.2) is 0 Å². The van der Waals surface area contributed by atoms with E-state index in [4.69, 9.17) is 5.26 Å². The smallest absolute Gasteiger partial charge is 0.338 e. The van der Waals surface area contributed by atoms with E-state index in [-0.39, 0.29) is 6.42 Å². The summed E-state index contributed by atoms with van der Waals surface area (Å²) >= 11 is 0. The van der Waals surface area contributed by atoms with Crippen molar-refractivity contribution in [1.82, 2.24) is 4.98 Å². The monoisotopic (exact) mass is 176 g/mol. The van der Waals surface area contributed by atoms with Gasteiger partial charge in [-0.05, 0) is 11.6 Å². The molecular weight excluding hydrogens is 168 g/mol. The predicted octanol–water partition coefficient (Wildman–Crippen LogP) is 0.934. The molecule has 4 nitrogen and oxygen atoms in total. The summed E-state index contributed by atoms with van der Waals surface area (Å²) in [4.78, 5) is 15.0. The van der Waals surface area contributed by atoms with E-state index < -0.39 is 5.97 Å². The van der Waals surface area contributed by atoms with Gasteiger partial charge in [-0.25, -0.2) is 4.79 Å². The average molecular weight is 176 g/mol. The summed E-state index contributed by atoms with van der Waals surface area (Å²) in [5.74, 6) is -0.437. The second kappa shape index (κ2) is 4.21. The van der Waals surface area contributed by atoms with Crippen LogP contribution < -0.4 is 0 Å². The van der Waals surface area contributed by atoms with Gasteiger partial charge in [0.2, 0.25) is 0 Å². The lowest BCUT2D eigenvalue weighted by Crippen LogP contribution is -2.05. The molecule has 4 heteroatoms. The molecule has 1 rings (SSSR count). The van der Waals surface area contributed by atoms with Crippen LogP contribution >= 0.6 is 0 Å². The van der Waals surface area contributed by atoms with Gasteiger partial charge in [-0.2, -0.15) is 5.26 Å². The molecule has 0 amide bonds. The first kappa shape index (κ1) is 9.20. The summed E-state index contributed by atoms with van der Waals surface area (Å²) in [5.41, 5.74) is 0.996. The van der Waals surface area contributed by atoms with Gasteiger partial charge in [0.05, 0.1) is 25.2 Å². The van der Waals surface area contributed by atoms with E-state index >= 15 is 0 Å². The van der Waals surface area contributed by atoms with Crippen LogP contribution in [0.2, 0.25) is 0 Å². The number of carbonyl (C=O) groups excluding carboxylic acids is 1. The Bertz CT molecular complexity index is 355. The average Bonchev–Trinajstić information content (AvgIpc) is 2.18. The van der Waals surface area contributed by atoms with Crippen molar-refractivity contribution in [1.29, 1.82) is 5.26 Å². The van der Waals surface area contributed by atoms with E-state index in [1.165, 1.54) is 19.5 Å². The molecule has 0 fully saturated rings. The topological polar surface area (TPSA) is 63.0 Å². The number of methoxy groups -OCH3 is 1. The molecule has 0 saturated heterocycles. The Morgan fingerprint density at radius 3 is 3.15 bits per heavy atom. The number of ether oxygens (including phenoxy) is 1. The Labute approximate surface area is 75.8 Å². The lowest BCUT2D eigenvalue weighted by atomic mass is 10.1. The molecule has 0 aliphatic rings. The first-order valence-electron chi connectivity index (χ1n) is 3.67. The van der Waals surface area contributed by atoms with Gasteiger partial charge in [0.25, 0.3) is 0 Å². The van der Waals surface area contributed by atoms with Crippen molar-refractivity contribution in [2.45, 2.75) is 6.42 Å². The Balaban J connectivity index is 3.05. The first-order valence-corrected chi connectivity index (χ1v) is 3.67. The summed E-state index contributed by atoms with van der Waals surface area (Å²) in [5, 5.41) is 8.47. The van der Waals surface area contributed by atoms with Crippen molar-refractivity contribution in [3.8, 4) is 6.07 Å². The summed E-state index contributed by atoms with van der Waals surface area (Å²) < 4.78 is 4.55. The fourth-order valence-corrected chi connectivity index (χ4v) is 0.962. The van der Waals surface area contributed by atoms with E-state index in [1.54, 1.807) is 6.07 Å². The van der Waals surface area contributed by atoms with E-state index in [2.05, 4.69) is 9.72 Å². The number of nitrogens with zero attached hydrogens (tertiary/aromatic N) is 2. The fourth-order valence-electron chi connectivity index (χ4n) is 0.962. The maximum atomic E-state index is 11.1. The third-order valence-electron chi connectivity index (χ3n) is 1.58. The van der Waals surface area contributed by atoms with Crippen molar-refractivity contribution in [2.24, 2.45) is 0 Å². The van der Waals surface area contributed by atoms with Crippen molar-refractivity contribution in [3.63, 3.8) is 0 Å². The van der Waals surface area contributed by atoms with Gasteiger partial charge in [0, 0.05) is 12.4 Å². The van der Waals surface area contributed by atoms with E-state index in [0.717, 1.165) is 0 Å². The van der Waals surface area contributed by atoms with Gasteiger partial charge in [-0.3, -0.25) is 4.98 Å². The zero-order chi connectivity index (χ0) is 9.68. The largest absolute Gasteiger partial charge is 0.465 e.